The lowest BCUT2D eigenvalue weighted by molar-refractivity contribution is -0.132. The largest absolute Gasteiger partial charge is 0.493 e. The van der Waals surface area contributed by atoms with Gasteiger partial charge < -0.3 is 29.7 Å². The Morgan fingerprint density at radius 1 is 1.06 bits per heavy atom. The van der Waals surface area contributed by atoms with Crippen LogP contribution < -0.4 is 20.1 Å². The Bertz CT molecular complexity index is 797. The van der Waals surface area contributed by atoms with Crippen molar-refractivity contribution >= 4 is 17.9 Å². The molecular weight excluding hydrogens is 414 g/mol. The number of nitrogens with zero attached hydrogens (tertiary/aromatic N) is 1. The smallest absolute Gasteiger partial charge is 0.407 e. The monoisotopic (exact) mass is 449 g/mol. The van der Waals surface area contributed by atoms with Crippen molar-refractivity contribution in [2.45, 2.75) is 58.1 Å². The van der Waals surface area contributed by atoms with Crippen LogP contribution in [0.1, 0.15) is 45.6 Å². The van der Waals surface area contributed by atoms with Crippen molar-refractivity contribution in [2.75, 3.05) is 33.9 Å². The maximum absolute atomic E-state index is 12.4. The summed E-state index contributed by atoms with van der Waals surface area (Å²) in [4.78, 5) is 38.2. The minimum absolute atomic E-state index is 0.0174. The van der Waals surface area contributed by atoms with Gasteiger partial charge in [0, 0.05) is 32.1 Å². The molecule has 0 spiro atoms. The van der Waals surface area contributed by atoms with Crippen molar-refractivity contribution in [3.8, 4) is 11.5 Å². The number of nitrogens with one attached hydrogen (secondary N) is 2. The fourth-order valence-corrected chi connectivity index (χ4v) is 3.47. The first-order valence-corrected chi connectivity index (χ1v) is 10.9. The van der Waals surface area contributed by atoms with Gasteiger partial charge >= 0.3 is 6.09 Å². The zero-order valence-corrected chi connectivity index (χ0v) is 19.7. The normalized spacial score (nSPS) is 14.5. The van der Waals surface area contributed by atoms with Gasteiger partial charge in [-0.1, -0.05) is 6.07 Å². The van der Waals surface area contributed by atoms with Crippen LogP contribution in [0.5, 0.6) is 11.5 Å². The summed E-state index contributed by atoms with van der Waals surface area (Å²) in [5.41, 5.74) is 0.269. The van der Waals surface area contributed by atoms with E-state index in [4.69, 9.17) is 14.2 Å². The third-order valence-corrected chi connectivity index (χ3v) is 5.03. The summed E-state index contributed by atoms with van der Waals surface area (Å²) in [6, 6.07) is 5.45. The summed E-state index contributed by atoms with van der Waals surface area (Å²) in [6.45, 7) is 6.74. The molecule has 0 atom stereocenters. The molecule has 2 N–H and O–H groups in total. The molecule has 1 aliphatic rings. The summed E-state index contributed by atoms with van der Waals surface area (Å²) < 4.78 is 15.7. The quantitative estimate of drug-likeness (QED) is 0.631. The highest BCUT2D eigenvalue weighted by Crippen LogP contribution is 2.27. The van der Waals surface area contributed by atoms with Crippen LogP contribution in [0, 0.1) is 0 Å². The van der Waals surface area contributed by atoms with Gasteiger partial charge in [-0.15, -0.1) is 0 Å². The molecule has 32 heavy (non-hydrogen) atoms. The molecule has 1 saturated heterocycles. The van der Waals surface area contributed by atoms with E-state index in [-0.39, 0.29) is 37.2 Å². The minimum Gasteiger partial charge on any atom is -0.493 e. The van der Waals surface area contributed by atoms with Gasteiger partial charge in [0.1, 0.15) is 5.60 Å². The number of hydrogen-bond donors (Lipinski definition) is 2. The highest BCUT2D eigenvalue weighted by molar-refractivity contribution is 5.79. The summed E-state index contributed by atoms with van der Waals surface area (Å²) in [6.07, 6.45) is 1.33. The van der Waals surface area contributed by atoms with Gasteiger partial charge in [0.15, 0.2) is 11.5 Å². The summed E-state index contributed by atoms with van der Waals surface area (Å²) >= 11 is 0. The van der Waals surface area contributed by atoms with E-state index in [1.165, 1.54) is 0 Å². The number of amides is 3. The Morgan fingerprint density at radius 2 is 1.72 bits per heavy atom. The highest BCUT2D eigenvalue weighted by Gasteiger charge is 2.24. The van der Waals surface area contributed by atoms with Crippen LogP contribution in [0.15, 0.2) is 18.2 Å². The molecule has 1 aliphatic heterocycles. The Morgan fingerprint density at radius 3 is 2.31 bits per heavy atom. The second-order valence-electron chi connectivity index (χ2n) is 8.77. The number of carbonyl (C=O) groups excluding carboxylic acids is 3. The van der Waals surface area contributed by atoms with Crippen molar-refractivity contribution < 1.29 is 28.6 Å². The van der Waals surface area contributed by atoms with Gasteiger partial charge in [0.2, 0.25) is 11.8 Å². The zero-order valence-electron chi connectivity index (χ0n) is 19.7. The fourth-order valence-electron chi connectivity index (χ4n) is 3.47. The van der Waals surface area contributed by atoms with Crippen LogP contribution in [0.4, 0.5) is 4.79 Å². The van der Waals surface area contributed by atoms with E-state index >= 15 is 0 Å². The van der Waals surface area contributed by atoms with Crippen molar-refractivity contribution in [3.63, 3.8) is 0 Å². The lowest BCUT2D eigenvalue weighted by Gasteiger charge is -2.32. The van der Waals surface area contributed by atoms with Gasteiger partial charge in [0.25, 0.3) is 0 Å². The van der Waals surface area contributed by atoms with Crippen LogP contribution in [-0.2, 0) is 20.7 Å². The maximum atomic E-state index is 12.4. The first-order valence-electron chi connectivity index (χ1n) is 10.9. The van der Waals surface area contributed by atoms with Crippen LogP contribution in [0.3, 0.4) is 0 Å². The number of hydrogen-bond acceptors (Lipinski definition) is 6. The minimum atomic E-state index is -0.570. The Hall–Kier alpha value is -2.97. The number of likely N-dealkylation sites (tertiary alicyclic amines) is 1. The SMILES string of the molecule is COc1ccc(CC(=O)NC2CCN(C(=O)CCNC(=O)OC(C)(C)C)CC2)cc1OC. The molecule has 0 aliphatic carbocycles. The van der Waals surface area contributed by atoms with E-state index in [0.717, 1.165) is 5.56 Å². The van der Waals surface area contributed by atoms with E-state index in [0.29, 0.717) is 37.4 Å². The fraction of sp³-hybridized carbons (Fsp3) is 0.609. The van der Waals surface area contributed by atoms with E-state index in [2.05, 4.69) is 10.6 Å². The van der Waals surface area contributed by atoms with Gasteiger partial charge in [-0.3, -0.25) is 9.59 Å². The van der Waals surface area contributed by atoms with Gasteiger partial charge in [-0.05, 0) is 51.3 Å². The lowest BCUT2D eigenvalue weighted by atomic mass is 10.0. The molecule has 1 heterocycles. The molecule has 9 heteroatoms. The number of methoxy groups -OCH3 is 2. The van der Waals surface area contributed by atoms with E-state index in [9.17, 15) is 14.4 Å². The average molecular weight is 450 g/mol. The third kappa shape index (κ3) is 8.28. The van der Waals surface area contributed by atoms with E-state index < -0.39 is 11.7 Å². The second-order valence-corrected chi connectivity index (χ2v) is 8.77. The number of alkyl carbamates (subject to hydrolysis) is 1. The topological polar surface area (TPSA) is 106 Å². The van der Waals surface area contributed by atoms with Crippen LogP contribution in [-0.4, -0.2) is 68.3 Å². The molecule has 0 unspecified atom stereocenters. The van der Waals surface area contributed by atoms with E-state index in [1.54, 1.807) is 52.0 Å². The van der Waals surface area contributed by atoms with Crippen molar-refractivity contribution in [1.82, 2.24) is 15.5 Å². The molecule has 3 amide bonds. The average Bonchev–Trinajstić information content (AvgIpc) is 2.72. The molecule has 0 aromatic heterocycles. The zero-order chi connectivity index (χ0) is 23.7. The summed E-state index contributed by atoms with van der Waals surface area (Å²) in [7, 11) is 3.13. The van der Waals surface area contributed by atoms with E-state index in [1.807, 2.05) is 6.07 Å². The molecular formula is C23H35N3O6. The van der Waals surface area contributed by atoms with Gasteiger partial charge in [-0.25, -0.2) is 4.79 Å². The number of ether oxygens (including phenoxy) is 3. The van der Waals surface area contributed by atoms with Crippen LogP contribution in [0.2, 0.25) is 0 Å². The Kier molecular flexibility index (Phi) is 9.16. The molecule has 0 radical (unpaired) electrons. The third-order valence-electron chi connectivity index (χ3n) is 5.03. The molecule has 2 rings (SSSR count). The summed E-state index contributed by atoms with van der Waals surface area (Å²) in [5, 5.41) is 5.65. The number of rotatable bonds is 8. The van der Waals surface area contributed by atoms with Gasteiger partial charge in [0.05, 0.1) is 20.6 Å². The highest BCUT2D eigenvalue weighted by atomic mass is 16.6. The standard InChI is InChI=1S/C23H35N3O6/c1-23(2,3)32-22(29)24-11-8-21(28)26-12-9-17(10-13-26)25-20(27)15-16-6-7-18(30-4)19(14-16)31-5/h6-7,14,17H,8-13,15H2,1-5H3,(H,24,29)(H,25,27). The van der Waals surface area contributed by atoms with Crippen molar-refractivity contribution in [1.29, 1.82) is 0 Å². The Labute approximate surface area is 189 Å². The predicted molar refractivity (Wildman–Crippen MR) is 120 cm³/mol. The first kappa shape index (κ1) is 25.3. The number of carbonyl (C=O) groups is 3. The Balaban J connectivity index is 1.70. The summed E-state index contributed by atoms with van der Waals surface area (Å²) in [5.74, 6) is 1.13. The molecule has 0 saturated carbocycles. The number of piperidine rings is 1. The maximum Gasteiger partial charge on any atom is 0.407 e. The lowest BCUT2D eigenvalue weighted by Crippen LogP contribution is -2.47. The van der Waals surface area contributed by atoms with Crippen LogP contribution >= 0.6 is 0 Å². The second kappa shape index (κ2) is 11.6. The van der Waals surface area contributed by atoms with Crippen LogP contribution in [0.25, 0.3) is 0 Å². The molecule has 178 valence electrons. The molecule has 0 bridgehead atoms. The first-order chi connectivity index (χ1) is 15.1. The molecule has 1 aromatic carbocycles. The predicted octanol–water partition coefficient (Wildman–Crippen LogP) is 2.27. The van der Waals surface area contributed by atoms with Crippen molar-refractivity contribution in [3.05, 3.63) is 23.8 Å². The van der Waals surface area contributed by atoms with Crippen molar-refractivity contribution in [2.24, 2.45) is 0 Å². The molecule has 1 fully saturated rings. The molecule has 1 aromatic rings. The number of benzene rings is 1. The van der Waals surface area contributed by atoms with Gasteiger partial charge in [-0.2, -0.15) is 0 Å². The molecule has 9 nitrogen and oxygen atoms in total.